The molecule has 0 aromatic carbocycles. The van der Waals surface area contributed by atoms with E-state index in [1.807, 2.05) is 0 Å². The standard InChI is InChI=1S/C28H42O8/c1-28(2,20-7-10-24(29)33-13-12-20)21-8-11-26(31)36-23(14-21)22-15-27(32)35-17-19(22)5-3-4-18-6-9-25(30)34-16-18/h18-23H,3-17H2,1-2H3. The molecule has 8 nitrogen and oxygen atoms in total. The van der Waals surface area contributed by atoms with Gasteiger partial charge in [0.15, 0.2) is 0 Å². The number of carbonyl (C=O) groups is 4. The molecule has 0 amide bonds. The Morgan fingerprint density at radius 2 is 1.44 bits per heavy atom. The van der Waals surface area contributed by atoms with Gasteiger partial charge in [0.2, 0.25) is 0 Å². The zero-order chi connectivity index (χ0) is 25.7. The Bertz CT molecular complexity index is 810. The first-order valence-corrected chi connectivity index (χ1v) is 13.9. The van der Waals surface area contributed by atoms with Crippen LogP contribution in [0.1, 0.15) is 90.9 Å². The van der Waals surface area contributed by atoms with Crippen molar-refractivity contribution in [1.29, 1.82) is 0 Å². The van der Waals surface area contributed by atoms with Gasteiger partial charge in [-0.15, -0.1) is 0 Å². The largest absolute Gasteiger partial charge is 0.466 e. The minimum absolute atomic E-state index is 0.0465. The number of hydrogen-bond acceptors (Lipinski definition) is 8. The maximum Gasteiger partial charge on any atom is 0.306 e. The zero-order valence-electron chi connectivity index (χ0n) is 21.8. The molecule has 0 aromatic heterocycles. The third-order valence-electron chi connectivity index (χ3n) is 9.40. The van der Waals surface area contributed by atoms with E-state index in [1.165, 1.54) is 0 Å². The third-order valence-corrected chi connectivity index (χ3v) is 9.40. The monoisotopic (exact) mass is 506 g/mol. The molecule has 0 aliphatic carbocycles. The first kappa shape index (κ1) is 26.9. The Kier molecular flexibility index (Phi) is 8.94. The average molecular weight is 507 g/mol. The van der Waals surface area contributed by atoms with Crippen LogP contribution in [-0.2, 0) is 38.1 Å². The molecule has 4 saturated heterocycles. The van der Waals surface area contributed by atoms with Crippen molar-refractivity contribution in [3.05, 3.63) is 0 Å². The highest BCUT2D eigenvalue weighted by molar-refractivity contribution is 5.72. The van der Waals surface area contributed by atoms with Gasteiger partial charge in [0, 0.05) is 25.2 Å². The van der Waals surface area contributed by atoms with Crippen molar-refractivity contribution in [3.63, 3.8) is 0 Å². The second-order valence-electron chi connectivity index (χ2n) is 11.9. The van der Waals surface area contributed by atoms with Gasteiger partial charge in [0.05, 0.1) is 26.2 Å². The van der Waals surface area contributed by atoms with Crippen molar-refractivity contribution in [2.75, 3.05) is 19.8 Å². The van der Waals surface area contributed by atoms with E-state index < -0.39 is 0 Å². The fourth-order valence-electron chi connectivity index (χ4n) is 6.86. The van der Waals surface area contributed by atoms with Crippen LogP contribution < -0.4 is 0 Å². The Morgan fingerprint density at radius 3 is 2.22 bits per heavy atom. The molecule has 0 radical (unpaired) electrons. The van der Waals surface area contributed by atoms with E-state index in [9.17, 15) is 19.2 Å². The number of hydrogen-bond donors (Lipinski definition) is 0. The lowest BCUT2D eigenvalue weighted by Crippen LogP contribution is -2.42. The highest BCUT2D eigenvalue weighted by atomic mass is 16.6. The van der Waals surface area contributed by atoms with Crippen molar-refractivity contribution >= 4 is 23.9 Å². The molecule has 4 fully saturated rings. The van der Waals surface area contributed by atoms with Crippen molar-refractivity contribution < 1.29 is 38.1 Å². The first-order chi connectivity index (χ1) is 17.2. The fourth-order valence-corrected chi connectivity index (χ4v) is 6.86. The van der Waals surface area contributed by atoms with Crippen LogP contribution in [0.25, 0.3) is 0 Å². The van der Waals surface area contributed by atoms with Crippen LogP contribution in [0.5, 0.6) is 0 Å². The highest BCUT2D eigenvalue weighted by Gasteiger charge is 2.45. The molecule has 4 heterocycles. The van der Waals surface area contributed by atoms with Crippen LogP contribution in [0.2, 0.25) is 0 Å². The van der Waals surface area contributed by atoms with Crippen LogP contribution in [0.3, 0.4) is 0 Å². The summed E-state index contributed by atoms with van der Waals surface area (Å²) in [6.45, 7) is 5.84. The van der Waals surface area contributed by atoms with Gasteiger partial charge in [-0.25, -0.2) is 0 Å². The van der Waals surface area contributed by atoms with Gasteiger partial charge in [-0.2, -0.15) is 0 Å². The molecule has 0 N–H and O–H groups in total. The Morgan fingerprint density at radius 1 is 0.750 bits per heavy atom. The molecule has 0 aromatic rings. The van der Waals surface area contributed by atoms with E-state index in [-0.39, 0.29) is 59.6 Å². The molecular formula is C28H42O8. The van der Waals surface area contributed by atoms with Gasteiger partial charge in [-0.1, -0.05) is 20.3 Å². The number of esters is 4. The summed E-state index contributed by atoms with van der Waals surface area (Å²) in [7, 11) is 0. The highest BCUT2D eigenvalue weighted by Crippen LogP contribution is 2.48. The maximum absolute atomic E-state index is 12.7. The topological polar surface area (TPSA) is 105 Å². The van der Waals surface area contributed by atoms with Crippen LogP contribution in [0.4, 0.5) is 0 Å². The minimum Gasteiger partial charge on any atom is -0.466 e. The molecule has 0 saturated carbocycles. The summed E-state index contributed by atoms with van der Waals surface area (Å²) in [6, 6.07) is 0. The first-order valence-electron chi connectivity index (χ1n) is 13.9. The molecule has 4 rings (SSSR count). The van der Waals surface area contributed by atoms with Crippen LogP contribution >= 0.6 is 0 Å². The summed E-state index contributed by atoms with van der Waals surface area (Å²) >= 11 is 0. The molecule has 202 valence electrons. The molecule has 8 heteroatoms. The Balaban J connectivity index is 1.41. The van der Waals surface area contributed by atoms with Crippen molar-refractivity contribution in [1.82, 2.24) is 0 Å². The summed E-state index contributed by atoms with van der Waals surface area (Å²) < 4.78 is 22.0. The number of cyclic esters (lactones) is 4. The summed E-state index contributed by atoms with van der Waals surface area (Å²) in [5.41, 5.74) is -0.0801. The van der Waals surface area contributed by atoms with Gasteiger partial charge >= 0.3 is 23.9 Å². The molecule has 6 atom stereocenters. The second-order valence-corrected chi connectivity index (χ2v) is 11.9. The van der Waals surface area contributed by atoms with E-state index in [0.29, 0.717) is 50.9 Å². The predicted molar refractivity (Wildman–Crippen MR) is 129 cm³/mol. The molecule has 0 bridgehead atoms. The smallest absolute Gasteiger partial charge is 0.306 e. The molecule has 0 spiro atoms. The zero-order valence-corrected chi connectivity index (χ0v) is 21.8. The fraction of sp³-hybridized carbons (Fsp3) is 0.857. The van der Waals surface area contributed by atoms with Gasteiger partial charge in [-0.05, 0) is 74.0 Å². The van der Waals surface area contributed by atoms with Crippen LogP contribution in [-0.4, -0.2) is 49.8 Å². The second kappa shape index (κ2) is 12.0. The van der Waals surface area contributed by atoms with Crippen LogP contribution in [0.15, 0.2) is 0 Å². The molecule has 36 heavy (non-hydrogen) atoms. The summed E-state index contributed by atoms with van der Waals surface area (Å²) in [5.74, 6) is 0.449. The molecule has 6 unspecified atom stereocenters. The Hall–Kier alpha value is -2.12. The van der Waals surface area contributed by atoms with Crippen LogP contribution in [0, 0.1) is 35.0 Å². The molecule has 4 aliphatic rings. The number of rotatable bonds is 7. The van der Waals surface area contributed by atoms with E-state index in [2.05, 4.69) is 13.8 Å². The van der Waals surface area contributed by atoms with Gasteiger partial charge in [0.1, 0.15) is 6.10 Å². The predicted octanol–water partition coefficient (Wildman–Crippen LogP) is 4.37. The lowest BCUT2D eigenvalue weighted by molar-refractivity contribution is -0.166. The third kappa shape index (κ3) is 6.80. The SMILES string of the molecule is CC(C)(C1CCOC(=O)CC1)C1CCC(=O)OC(C2CC(=O)OCC2CCCC2CCC(=O)OC2)C1. The quantitative estimate of drug-likeness (QED) is 0.370. The van der Waals surface area contributed by atoms with E-state index in [1.54, 1.807) is 0 Å². The Labute approximate surface area is 214 Å². The van der Waals surface area contributed by atoms with Gasteiger partial charge in [0.25, 0.3) is 0 Å². The average Bonchev–Trinajstić information content (AvgIpc) is 3.19. The summed E-state index contributed by atoms with van der Waals surface area (Å²) in [4.78, 5) is 48.1. The number of carbonyl (C=O) groups excluding carboxylic acids is 4. The van der Waals surface area contributed by atoms with Crippen molar-refractivity contribution in [2.45, 2.75) is 97.0 Å². The van der Waals surface area contributed by atoms with E-state index in [4.69, 9.17) is 18.9 Å². The lowest BCUT2D eigenvalue weighted by atomic mass is 9.63. The lowest BCUT2D eigenvalue weighted by Gasteiger charge is -2.43. The van der Waals surface area contributed by atoms with Crippen molar-refractivity contribution in [2.24, 2.45) is 35.0 Å². The normalized spacial score (nSPS) is 34.5. The number of ether oxygens (including phenoxy) is 4. The minimum atomic E-state index is -0.304. The van der Waals surface area contributed by atoms with Crippen molar-refractivity contribution in [3.8, 4) is 0 Å². The maximum atomic E-state index is 12.7. The van der Waals surface area contributed by atoms with E-state index in [0.717, 1.165) is 51.4 Å². The summed E-state index contributed by atoms with van der Waals surface area (Å²) in [5, 5.41) is 0. The van der Waals surface area contributed by atoms with Gasteiger partial charge < -0.3 is 18.9 Å². The van der Waals surface area contributed by atoms with Gasteiger partial charge in [-0.3, -0.25) is 19.2 Å². The van der Waals surface area contributed by atoms with E-state index >= 15 is 0 Å². The molecular weight excluding hydrogens is 464 g/mol. The molecule has 4 aliphatic heterocycles. The summed E-state index contributed by atoms with van der Waals surface area (Å²) in [6.07, 6.45) is 8.14.